The van der Waals surface area contributed by atoms with Crippen LogP contribution in [0.15, 0.2) is 0 Å². The Kier molecular flexibility index (Phi) is 2.93. The van der Waals surface area contributed by atoms with Crippen LogP contribution in [-0.2, 0) is 4.79 Å². The molecule has 0 aromatic carbocycles. The lowest BCUT2D eigenvalue weighted by molar-refractivity contribution is -0.118. The van der Waals surface area contributed by atoms with Crippen molar-refractivity contribution in [2.24, 2.45) is 5.92 Å². The van der Waals surface area contributed by atoms with E-state index in [2.05, 4.69) is 15.5 Å². The molecule has 1 heterocycles. The summed E-state index contributed by atoms with van der Waals surface area (Å²) in [6, 6.07) is 0. The quantitative estimate of drug-likeness (QED) is 0.769. The summed E-state index contributed by atoms with van der Waals surface area (Å²) in [5.74, 6) is 0.235. The first-order valence-corrected chi connectivity index (χ1v) is 4.41. The zero-order valence-electron chi connectivity index (χ0n) is 7.81. The van der Waals surface area contributed by atoms with Gasteiger partial charge in [0.25, 0.3) is 0 Å². The van der Waals surface area contributed by atoms with Crippen molar-refractivity contribution in [2.45, 2.75) is 20.8 Å². The van der Waals surface area contributed by atoms with Gasteiger partial charge in [-0.1, -0.05) is 25.4 Å². The minimum atomic E-state index is -0.0894. The molecule has 0 saturated heterocycles. The molecule has 13 heavy (non-hydrogen) atoms. The van der Waals surface area contributed by atoms with Gasteiger partial charge in [-0.2, -0.15) is 5.10 Å². The van der Waals surface area contributed by atoms with Crippen LogP contribution in [-0.4, -0.2) is 16.1 Å². The second-order valence-electron chi connectivity index (χ2n) is 3.16. The molecule has 5 heteroatoms. The third-order valence-corrected chi connectivity index (χ3v) is 2.10. The van der Waals surface area contributed by atoms with Gasteiger partial charge in [-0.25, -0.2) is 0 Å². The number of aromatic nitrogens is 2. The number of anilines is 1. The monoisotopic (exact) mass is 201 g/mol. The van der Waals surface area contributed by atoms with Crippen LogP contribution in [0.25, 0.3) is 0 Å². The average molecular weight is 202 g/mol. The van der Waals surface area contributed by atoms with Gasteiger partial charge in [-0.05, 0) is 6.92 Å². The SMILES string of the molecule is Cc1[nH]nc(NC(=O)C(C)C)c1Cl. The molecule has 1 rings (SSSR count). The number of rotatable bonds is 2. The molecule has 0 radical (unpaired) electrons. The summed E-state index contributed by atoms with van der Waals surface area (Å²) in [5.41, 5.74) is 0.751. The first kappa shape index (κ1) is 10.1. The topological polar surface area (TPSA) is 57.8 Å². The Balaban J connectivity index is 2.75. The Morgan fingerprint density at radius 1 is 1.62 bits per heavy atom. The number of H-pyrrole nitrogens is 1. The van der Waals surface area contributed by atoms with Crippen LogP contribution in [0.2, 0.25) is 5.02 Å². The van der Waals surface area contributed by atoms with E-state index in [4.69, 9.17) is 11.6 Å². The molecule has 72 valence electrons. The summed E-state index contributed by atoms with van der Waals surface area (Å²) in [6.07, 6.45) is 0. The summed E-state index contributed by atoms with van der Waals surface area (Å²) < 4.78 is 0. The summed E-state index contributed by atoms with van der Waals surface area (Å²) >= 11 is 5.85. The van der Waals surface area contributed by atoms with Crippen LogP contribution in [0.1, 0.15) is 19.5 Å². The van der Waals surface area contributed by atoms with Gasteiger partial charge in [0.1, 0.15) is 5.02 Å². The highest BCUT2D eigenvalue weighted by molar-refractivity contribution is 6.34. The van der Waals surface area contributed by atoms with Crippen molar-refractivity contribution in [2.75, 3.05) is 5.32 Å². The molecule has 0 saturated carbocycles. The number of amides is 1. The highest BCUT2D eigenvalue weighted by Crippen LogP contribution is 2.22. The van der Waals surface area contributed by atoms with E-state index in [1.54, 1.807) is 6.92 Å². The van der Waals surface area contributed by atoms with Crippen LogP contribution in [0.4, 0.5) is 5.82 Å². The molecular weight excluding hydrogens is 190 g/mol. The van der Waals surface area contributed by atoms with E-state index in [0.29, 0.717) is 10.8 Å². The molecule has 1 aromatic heterocycles. The van der Waals surface area contributed by atoms with E-state index in [1.807, 2.05) is 13.8 Å². The van der Waals surface area contributed by atoms with Gasteiger partial charge in [-0.15, -0.1) is 0 Å². The van der Waals surface area contributed by atoms with E-state index < -0.39 is 0 Å². The van der Waals surface area contributed by atoms with Crippen LogP contribution >= 0.6 is 11.6 Å². The van der Waals surface area contributed by atoms with E-state index in [1.165, 1.54) is 0 Å². The van der Waals surface area contributed by atoms with E-state index in [9.17, 15) is 4.79 Å². The van der Waals surface area contributed by atoms with Crippen LogP contribution in [0.5, 0.6) is 0 Å². The number of carbonyl (C=O) groups is 1. The molecule has 0 aliphatic carbocycles. The van der Waals surface area contributed by atoms with E-state index >= 15 is 0 Å². The summed E-state index contributed by atoms with van der Waals surface area (Å²) in [7, 11) is 0. The van der Waals surface area contributed by atoms with Crippen molar-refractivity contribution in [3.8, 4) is 0 Å². The predicted octanol–water partition coefficient (Wildman–Crippen LogP) is 1.97. The van der Waals surface area contributed by atoms with E-state index in [0.717, 1.165) is 5.69 Å². The highest BCUT2D eigenvalue weighted by atomic mass is 35.5. The molecule has 1 amide bonds. The van der Waals surface area contributed by atoms with Gasteiger partial charge in [0, 0.05) is 5.92 Å². The highest BCUT2D eigenvalue weighted by Gasteiger charge is 2.12. The number of aryl methyl sites for hydroxylation is 1. The fraction of sp³-hybridized carbons (Fsp3) is 0.500. The third-order valence-electron chi connectivity index (χ3n) is 1.64. The Labute approximate surface area is 81.7 Å². The largest absolute Gasteiger partial charge is 0.308 e. The number of nitrogens with zero attached hydrogens (tertiary/aromatic N) is 1. The van der Waals surface area contributed by atoms with Gasteiger partial charge in [-0.3, -0.25) is 9.89 Å². The van der Waals surface area contributed by atoms with E-state index in [-0.39, 0.29) is 11.8 Å². The molecule has 0 atom stereocenters. The molecule has 0 bridgehead atoms. The Bertz CT molecular complexity index is 319. The summed E-state index contributed by atoms with van der Waals surface area (Å²) in [5, 5.41) is 9.62. The zero-order chi connectivity index (χ0) is 10.0. The summed E-state index contributed by atoms with van der Waals surface area (Å²) in [6.45, 7) is 5.41. The second kappa shape index (κ2) is 3.79. The smallest absolute Gasteiger partial charge is 0.228 e. The van der Waals surface area contributed by atoms with Crippen LogP contribution in [0.3, 0.4) is 0 Å². The van der Waals surface area contributed by atoms with Crippen LogP contribution < -0.4 is 5.32 Å². The van der Waals surface area contributed by atoms with Gasteiger partial charge < -0.3 is 5.32 Å². The lowest BCUT2D eigenvalue weighted by Crippen LogP contribution is -2.18. The molecule has 0 aliphatic rings. The molecule has 4 nitrogen and oxygen atoms in total. The van der Waals surface area contributed by atoms with Gasteiger partial charge >= 0.3 is 0 Å². The van der Waals surface area contributed by atoms with Crippen molar-refractivity contribution in [1.82, 2.24) is 10.2 Å². The minimum Gasteiger partial charge on any atom is -0.308 e. The van der Waals surface area contributed by atoms with Crippen molar-refractivity contribution in [1.29, 1.82) is 0 Å². The van der Waals surface area contributed by atoms with Crippen molar-refractivity contribution in [3.05, 3.63) is 10.7 Å². The number of hydrogen-bond donors (Lipinski definition) is 2. The first-order chi connectivity index (χ1) is 6.02. The molecule has 0 aliphatic heterocycles. The normalized spacial score (nSPS) is 10.5. The Morgan fingerprint density at radius 3 is 2.62 bits per heavy atom. The van der Waals surface area contributed by atoms with Crippen molar-refractivity contribution < 1.29 is 4.79 Å². The molecule has 1 aromatic rings. The number of aromatic amines is 1. The van der Waals surface area contributed by atoms with Gasteiger partial charge in [0.05, 0.1) is 5.69 Å². The van der Waals surface area contributed by atoms with Gasteiger partial charge in [0.15, 0.2) is 5.82 Å². The molecule has 0 unspecified atom stereocenters. The number of hydrogen-bond acceptors (Lipinski definition) is 2. The molecular formula is C8H12ClN3O. The molecule has 2 N–H and O–H groups in total. The first-order valence-electron chi connectivity index (χ1n) is 4.03. The fourth-order valence-electron chi connectivity index (χ4n) is 0.759. The number of nitrogens with one attached hydrogen (secondary N) is 2. The van der Waals surface area contributed by atoms with Crippen molar-refractivity contribution >= 4 is 23.3 Å². The lowest BCUT2D eigenvalue weighted by atomic mass is 10.2. The average Bonchev–Trinajstić information content (AvgIpc) is 2.36. The Hall–Kier alpha value is -1.03. The maximum Gasteiger partial charge on any atom is 0.228 e. The minimum absolute atomic E-state index is 0.0759. The number of carbonyl (C=O) groups excluding carboxylic acids is 1. The number of halogens is 1. The lowest BCUT2D eigenvalue weighted by Gasteiger charge is -2.04. The zero-order valence-corrected chi connectivity index (χ0v) is 8.57. The predicted molar refractivity (Wildman–Crippen MR) is 51.8 cm³/mol. The Morgan fingerprint density at radius 2 is 2.23 bits per heavy atom. The van der Waals surface area contributed by atoms with Gasteiger partial charge in [0.2, 0.25) is 5.91 Å². The maximum absolute atomic E-state index is 11.3. The molecule has 0 fully saturated rings. The van der Waals surface area contributed by atoms with Crippen molar-refractivity contribution in [3.63, 3.8) is 0 Å². The standard InChI is InChI=1S/C8H12ClN3O/c1-4(2)8(13)10-7-6(9)5(3)11-12-7/h4H,1-3H3,(H2,10,11,12,13). The van der Waals surface area contributed by atoms with Crippen LogP contribution in [0, 0.1) is 12.8 Å². The molecule has 0 spiro atoms. The second-order valence-corrected chi connectivity index (χ2v) is 3.53. The maximum atomic E-state index is 11.3. The summed E-state index contributed by atoms with van der Waals surface area (Å²) in [4.78, 5) is 11.3. The third kappa shape index (κ3) is 2.21. The fourth-order valence-corrected chi connectivity index (χ4v) is 0.891.